The maximum Gasteiger partial charge on any atom is 0.335 e. The molecule has 0 bridgehead atoms. The quantitative estimate of drug-likeness (QED) is 0.0424. The van der Waals surface area contributed by atoms with Crippen LogP contribution in [0.5, 0.6) is 0 Å². The van der Waals surface area contributed by atoms with Gasteiger partial charge in [0, 0.05) is 71.6 Å². The molecule has 4 aromatic carbocycles. The molecule has 452 valence electrons. The van der Waals surface area contributed by atoms with E-state index < -0.39 is 59.0 Å². The Balaban J connectivity index is 0.000000278. The summed E-state index contributed by atoms with van der Waals surface area (Å²) in [6, 6.07) is 27.9. The first-order chi connectivity index (χ1) is 40.5. The van der Waals surface area contributed by atoms with Crippen molar-refractivity contribution in [2.45, 2.75) is 86.5 Å². The number of aromatic nitrogens is 6. The van der Waals surface area contributed by atoms with E-state index in [0.717, 1.165) is 5.69 Å². The molecule has 0 aliphatic carbocycles. The molecule has 23 nitrogen and oxygen atoms in total. The molecule has 0 unspecified atom stereocenters. The van der Waals surface area contributed by atoms with Crippen LogP contribution in [0, 0.1) is 11.6 Å². The summed E-state index contributed by atoms with van der Waals surface area (Å²) in [5.41, 5.74) is 18.9. The Morgan fingerprint density at radius 2 is 1.01 bits per heavy atom. The van der Waals surface area contributed by atoms with Gasteiger partial charge in [-0.1, -0.05) is 67.0 Å². The van der Waals surface area contributed by atoms with Crippen molar-refractivity contribution in [3.63, 3.8) is 0 Å². The maximum absolute atomic E-state index is 14.2. The van der Waals surface area contributed by atoms with Gasteiger partial charge in [-0.2, -0.15) is 10.2 Å². The number of nitrogens with one attached hydrogen (secondary N) is 3. The molecule has 0 saturated carbocycles. The molecule has 0 saturated heterocycles. The summed E-state index contributed by atoms with van der Waals surface area (Å²) in [5, 5.41) is 25.9. The lowest BCUT2D eigenvalue weighted by Crippen LogP contribution is -2.45. The van der Waals surface area contributed by atoms with E-state index in [1.54, 1.807) is 76.5 Å². The number of nitrogens with zero attached hydrogens (tertiary/aromatic N) is 8. The molecule has 0 radical (unpaired) electrons. The molecule has 10 N–H and O–H groups in total. The monoisotopic (exact) mass is 1220 g/mol. The van der Waals surface area contributed by atoms with E-state index in [9.17, 15) is 52.2 Å². The standard InChI is InChI=1S/C29H29ClFN7O4.C23H23ClFN5O5.C6H8N2.CH4/c1-17(2)37(15-24(39)34-13-19-6-5-8-22(30)26(19)31)25(40)16-38-23-10-9-18(12-21(23)27(36-38)28(32)41)29(42)35-14-20-7-3-4-11-33-20;1-12(2)29(10-18(31)27-9-14-4-3-5-16(24)20(14)25)19(32)11-30-17-7-6-13(23(34)35)8-15(17)21(28-30)22(26)33;7-5-6-3-1-2-4-8-6;/h3-12,17H,13-16H2,1-2H3,(H2,32,41)(H,34,39)(H,35,42);3-8,12H,9-11H2,1-2H3,(H2,26,33)(H,27,31)(H,34,35);1-4H,5,7H2;1H4. The van der Waals surface area contributed by atoms with Crippen LogP contribution < -0.4 is 33.2 Å². The molecule has 7 amide bonds. The van der Waals surface area contributed by atoms with Gasteiger partial charge in [0.15, 0.2) is 11.4 Å². The first-order valence-corrected chi connectivity index (χ1v) is 26.8. The predicted octanol–water partition coefficient (Wildman–Crippen LogP) is 6.16. The first kappa shape index (κ1) is 67.1. The molecule has 0 atom stereocenters. The van der Waals surface area contributed by atoms with Crippen LogP contribution in [0.3, 0.4) is 0 Å². The number of carboxylic acids is 1. The van der Waals surface area contributed by atoms with E-state index in [4.69, 9.17) is 40.4 Å². The van der Waals surface area contributed by atoms with Gasteiger partial charge in [0.05, 0.1) is 57.7 Å². The third kappa shape index (κ3) is 17.9. The summed E-state index contributed by atoms with van der Waals surface area (Å²) < 4.78 is 30.8. The van der Waals surface area contributed by atoms with Gasteiger partial charge in [-0.25, -0.2) is 13.6 Å². The number of nitrogens with two attached hydrogens (primary N) is 3. The van der Waals surface area contributed by atoms with E-state index in [2.05, 4.69) is 36.1 Å². The zero-order valence-electron chi connectivity index (χ0n) is 46.4. The van der Waals surface area contributed by atoms with Crippen molar-refractivity contribution in [3.8, 4) is 0 Å². The van der Waals surface area contributed by atoms with Crippen LogP contribution in [0.4, 0.5) is 8.78 Å². The van der Waals surface area contributed by atoms with Crippen molar-refractivity contribution in [2.24, 2.45) is 17.2 Å². The number of pyridine rings is 2. The number of hydrogen-bond donors (Lipinski definition) is 7. The highest BCUT2D eigenvalue weighted by molar-refractivity contribution is 6.31. The lowest BCUT2D eigenvalue weighted by atomic mass is 10.1. The molecule has 4 aromatic heterocycles. The molecule has 0 aliphatic rings. The lowest BCUT2D eigenvalue weighted by Gasteiger charge is -2.26. The zero-order valence-corrected chi connectivity index (χ0v) is 47.9. The van der Waals surface area contributed by atoms with E-state index in [1.165, 1.54) is 67.7 Å². The second kappa shape index (κ2) is 31.3. The van der Waals surface area contributed by atoms with E-state index >= 15 is 0 Å². The van der Waals surface area contributed by atoms with E-state index in [0.29, 0.717) is 28.7 Å². The van der Waals surface area contributed by atoms with Crippen molar-refractivity contribution in [1.82, 2.24) is 55.3 Å². The number of fused-ring (bicyclic) bond motifs is 2. The van der Waals surface area contributed by atoms with Crippen LogP contribution in [0.2, 0.25) is 10.0 Å². The molecule has 0 spiro atoms. The third-order valence-electron chi connectivity index (χ3n) is 12.7. The van der Waals surface area contributed by atoms with Crippen LogP contribution in [-0.4, -0.2) is 117 Å². The molecule has 8 rings (SSSR count). The molecule has 0 fully saturated rings. The second-order valence-electron chi connectivity index (χ2n) is 19.2. The number of carbonyl (C=O) groups excluding carboxylic acids is 7. The Labute approximate surface area is 502 Å². The first-order valence-electron chi connectivity index (χ1n) is 26.1. The van der Waals surface area contributed by atoms with Crippen LogP contribution in [0.1, 0.15) is 99.3 Å². The van der Waals surface area contributed by atoms with Crippen LogP contribution in [0.15, 0.2) is 122 Å². The fourth-order valence-electron chi connectivity index (χ4n) is 8.27. The van der Waals surface area contributed by atoms with Gasteiger partial charge in [0.25, 0.3) is 17.7 Å². The average Bonchev–Trinajstić information content (AvgIpc) is 2.16. The number of amides is 7. The summed E-state index contributed by atoms with van der Waals surface area (Å²) in [7, 11) is 0. The van der Waals surface area contributed by atoms with Gasteiger partial charge in [-0.3, -0.25) is 52.9 Å². The van der Waals surface area contributed by atoms with Gasteiger partial charge in [-0.05, 0) is 100 Å². The second-order valence-corrected chi connectivity index (χ2v) is 20.1. The Hall–Kier alpha value is -9.72. The van der Waals surface area contributed by atoms with E-state index in [-0.39, 0.29) is 114 Å². The molecular formula is C59H64Cl2F2N14O9. The van der Waals surface area contributed by atoms with Gasteiger partial charge in [0.2, 0.25) is 23.6 Å². The lowest BCUT2D eigenvalue weighted by molar-refractivity contribution is -0.138. The number of carboxylic acid groups (broad SMARTS) is 1. The van der Waals surface area contributed by atoms with Gasteiger partial charge < -0.3 is 48.1 Å². The fourth-order valence-corrected chi connectivity index (χ4v) is 8.65. The smallest absolute Gasteiger partial charge is 0.335 e. The Bertz CT molecular complexity index is 3760. The SMILES string of the molecule is C.CC(C)N(CC(=O)NCc1cccc(Cl)c1F)C(=O)Cn1nc(C(N)=O)c2cc(C(=O)NCc3ccccn3)ccc21.CC(C)N(CC(=O)NCc1cccc(Cl)c1F)C(=O)Cn1nc(C(N)=O)c2cc(C(=O)O)ccc21.NCc1ccccn1. The largest absolute Gasteiger partial charge is 0.478 e. The van der Waals surface area contributed by atoms with Gasteiger partial charge >= 0.3 is 5.97 Å². The number of carbonyl (C=O) groups is 8. The minimum atomic E-state index is -1.19. The fraction of sp³-hybridized carbons (Fsp3) is 0.254. The Kier molecular flexibility index (Phi) is 24.4. The summed E-state index contributed by atoms with van der Waals surface area (Å²) in [5.74, 6) is -6.49. The van der Waals surface area contributed by atoms with Crippen molar-refractivity contribution >= 4 is 92.3 Å². The summed E-state index contributed by atoms with van der Waals surface area (Å²) >= 11 is 11.6. The predicted molar refractivity (Wildman–Crippen MR) is 318 cm³/mol. The zero-order chi connectivity index (χ0) is 62.1. The number of halogens is 4. The minimum Gasteiger partial charge on any atom is -0.478 e. The van der Waals surface area contributed by atoms with Crippen molar-refractivity contribution < 1.29 is 52.2 Å². The van der Waals surface area contributed by atoms with Crippen molar-refractivity contribution in [3.05, 3.63) is 188 Å². The van der Waals surface area contributed by atoms with Crippen molar-refractivity contribution in [2.75, 3.05) is 13.1 Å². The number of rotatable bonds is 21. The highest BCUT2D eigenvalue weighted by atomic mass is 35.5. The highest BCUT2D eigenvalue weighted by Gasteiger charge is 2.26. The number of primary amides is 2. The molecule has 0 aliphatic heterocycles. The molecule has 27 heteroatoms. The summed E-state index contributed by atoms with van der Waals surface area (Å²) in [4.78, 5) is 110. The van der Waals surface area contributed by atoms with Crippen molar-refractivity contribution in [1.29, 1.82) is 0 Å². The molecule has 4 heterocycles. The normalized spacial score (nSPS) is 10.7. The summed E-state index contributed by atoms with van der Waals surface area (Å²) in [6.07, 6.45) is 3.36. The topological polar surface area (TPSA) is 339 Å². The van der Waals surface area contributed by atoms with Crippen LogP contribution >= 0.6 is 23.2 Å². The Morgan fingerprint density at radius 3 is 1.40 bits per heavy atom. The number of hydrogen-bond acceptors (Lipinski definition) is 13. The number of benzene rings is 4. The van der Waals surface area contributed by atoms with Gasteiger partial charge in [0.1, 0.15) is 24.7 Å². The number of aromatic carboxylic acids is 1. The molecule has 86 heavy (non-hydrogen) atoms. The van der Waals surface area contributed by atoms with E-state index in [1.807, 2.05) is 24.3 Å². The highest BCUT2D eigenvalue weighted by Crippen LogP contribution is 2.24. The Morgan fingerprint density at radius 1 is 0.581 bits per heavy atom. The minimum absolute atomic E-state index is 0. The molecule has 8 aromatic rings. The maximum atomic E-state index is 14.2. The molecular weight excluding hydrogens is 1160 g/mol. The average molecular weight is 1220 g/mol. The van der Waals surface area contributed by atoms with Crippen LogP contribution in [-0.2, 0) is 58.4 Å². The van der Waals surface area contributed by atoms with Crippen LogP contribution in [0.25, 0.3) is 21.8 Å². The van der Waals surface area contributed by atoms with Gasteiger partial charge in [-0.15, -0.1) is 0 Å². The summed E-state index contributed by atoms with van der Waals surface area (Å²) in [6.45, 7) is 6.23. The third-order valence-corrected chi connectivity index (χ3v) is 13.3.